The SMILES string of the molecule is Cc1ccccc1Oc1cccc(N2CCC[C@H]2CCC(=O)O)c1. The van der Waals surface area contributed by atoms with Crippen molar-refractivity contribution in [3.05, 3.63) is 54.1 Å². The maximum absolute atomic E-state index is 10.8. The molecule has 1 fully saturated rings. The summed E-state index contributed by atoms with van der Waals surface area (Å²) in [5, 5.41) is 8.93. The zero-order valence-electron chi connectivity index (χ0n) is 13.9. The molecule has 2 aromatic carbocycles. The van der Waals surface area contributed by atoms with E-state index < -0.39 is 5.97 Å². The second-order valence-corrected chi connectivity index (χ2v) is 6.29. The van der Waals surface area contributed by atoms with Crippen LogP contribution < -0.4 is 9.64 Å². The van der Waals surface area contributed by atoms with E-state index in [0.29, 0.717) is 12.5 Å². The van der Waals surface area contributed by atoms with Crippen molar-refractivity contribution < 1.29 is 14.6 Å². The molecule has 1 saturated heterocycles. The van der Waals surface area contributed by atoms with Gasteiger partial charge in [-0.05, 0) is 49.9 Å². The summed E-state index contributed by atoms with van der Waals surface area (Å²) in [5.74, 6) is 0.947. The van der Waals surface area contributed by atoms with Crippen LogP contribution in [0.15, 0.2) is 48.5 Å². The summed E-state index contributed by atoms with van der Waals surface area (Å²) in [4.78, 5) is 13.2. The van der Waals surface area contributed by atoms with Gasteiger partial charge in [0.05, 0.1) is 0 Å². The molecule has 1 heterocycles. The molecule has 1 N–H and O–H groups in total. The van der Waals surface area contributed by atoms with Gasteiger partial charge in [0.2, 0.25) is 0 Å². The number of hydrogen-bond acceptors (Lipinski definition) is 3. The van der Waals surface area contributed by atoms with Gasteiger partial charge in [-0.25, -0.2) is 0 Å². The molecular formula is C20H23NO3. The van der Waals surface area contributed by atoms with E-state index in [-0.39, 0.29) is 6.42 Å². The van der Waals surface area contributed by atoms with Crippen molar-refractivity contribution in [2.45, 2.75) is 38.6 Å². The summed E-state index contributed by atoms with van der Waals surface area (Å²) >= 11 is 0. The van der Waals surface area contributed by atoms with Crippen LogP contribution in [0.2, 0.25) is 0 Å². The average Bonchev–Trinajstić information content (AvgIpc) is 3.04. The fraction of sp³-hybridized carbons (Fsp3) is 0.350. The van der Waals surface area contributed by atoms with Crippen LogP contribution in [0.5, 0.6) is 11.5 Å². The van der Waals surface area contributed by atoms with E-state index in [4.69, 9.17) is 9.84 Å². The van der Waals surface area contributed by atoms with Crippen LogP contribution in [-0.4, -0.2) is 23.7 Å². The number of aliphatic carboxylic acids is 1. The lowest BCUT2D eigenvalue weighted by Crippen LogP contribution is -2.29. The first-order chi connectivity index (χ1) is 11.6. The predicted octanol–water partition coefficient (Wildman–Crippen LogP) is 4.62. The highest BCUT2D eigenvalue weighted by molar-refractivity contribution is 5.67. The molecule has 1 aliphatic rings. The quantitative estimate of drug-likeness (QED) is 0.842. The maximum atomic E-state index is 10.8. The monoisotopic (exact) mass is 325 g/mol. The van der Waals surface area contributed by atoms with Crippen LogP contribution in [0.4, 0.5) is 5.69 Å². The molecule has 0 radical (unpaired) electrons. The summed E-state index contributed by atoms with van der Waals surface area (Å²) in [6.45, 7) is 3.00. The van der Waals surface area contributed by atoms with Gasteiger partial charge in [0.15, 0.2) is 0 Å². The van der Waals surface area contributed by atoms with E-state index in [2.05, 4.69) is 11.0 Å². The Hall–Kier alpha value is -2.49. The number of nitrogens with zero attached hydrogens (tertiary/aromatic N) is 1. The smallest absolute Gasteiger partial charge is 0.303 e. The van der Waals surface area contributed by atoms with Crippen molar-refractivity contribution in [3.8, 4) is 11.5 Å². The van der Waals surface area contributed by atoms with Crippen LogP contribution >= 0.6 is 0 Å². The van der Waals surface area contributed by atoms with Crippen molar-refractivity contribution in [2.75, 3.05) is 11.4 Å². The molecule has 0 saturated carbocycles. The number of rotatable bonds is 6. The van der Waals surface area contributed by atoms with Gasteiger partial charge in [-0.3, -0.25) is 4.79 Å². The van der Waals surface area contributed by atoms with Gasteiger partial charge < -0.3 is 14.7 Å². The van der Waals surface area contributed by atoms with E-state index in [1.165, 1.54) is 0 Å². The van der Waals surface area contributed by atoms with Gasteiger partial charge in [-0.2, -0.15) is 0 Å². The van der Waals surface area contributed by atoms with Gasteiger partial charge in [0.25, 0.3) is 0 Å². The molecule has 0 unspecified atom stereocenters. The Morgan fingerprint density at radius 1 is 1.25 bits per heavy atom. The molecule has 1 atom stereocenters. The number of hydrogen-bond donors (Lipinski definition) is 1. The Labute approximate surface area is 142 Å². The molecule has 0 amide bonds. The van der Waals surface area contributed by atoms with E-state index in [1.54, 1.807) is 0 Å². The molecule has 2 aromatic rings. The summed E-state index contributed by atoms with van der Waals surface area (Å²) in [6.07, 6.45) is 3.07. The van der Waals surface area contributed by atoms with Gasteiger partial charge >= 0.3 is 5.97 Å². The first kappa shape index (κ1) is 16.4. The third-order valence-corrected chi connectivity index (χ3v) is 4.54. The fourth-order valence-electron chi connectivity index (χ4n) is 3.29. The van der Waals surface area contributed by atoms with Crippen LogP contribution in [0.3, 0.4) is 0 Å². The van der Waals surface area contributed by atoms with Crippen molar-refractivity contribution in [1.82, 2.24) is 0 Å². The van der Waals surface area contributed by atoms with Crippen LogP contribution in [-0.2, 0) is 4.79 Å². The zero-order chi connectivity index (χ0) is 16.9. The molecule has 0 aliphatic carbocycles. The van der Waals surface area contributed by atoms with Crippen LogP contribution in [0.1, 0.15) is 31.2 Å². The average molecular weight is 325 g/mol. The largest absolute Gasteiger partial charge is 0.481 e. The Balaban J connectivity index is 1.75. The van der Waals surface area contributed by atoms with Crippen LogP contribution in [0, 0.1) is 6.92 Å². The number of carbonyl (C=O) groups is 1. The van der Waals surface area contributed by atoms with Crippen molar-refractivity contribution in [2.24, 2.45) is 0 Å². The molecule has 24 heavy (non-hydrogen) atoms. The molecule has 1 aliphatic heterocycles. The molecule has 0 aromatic heterocycles. The number of carboxylic acids is 1. The standard InChI is InChI=1S/C20H23NO3/c1-15-6-2-3-10-19(15)24-18-9-4-7-17(14-18)21-13-5-8-16(21)11-12-20(22)23/h2-4,6-7,9-10,14,16H,5,8,11-13H2,1H3,(H,22,23)/t16-/m0/s1. The Kier molecular flexibility index (Phi) is 5.04. The molecule has 0 spiro atoms. The van der Waals surface area contributed by atoms with E-state index in [1.807, 2.05) is 49.4 Å². The van der Waals surface area contributed by atoms with Gasteiger partial charge in [-0.1, -0.05) is 24.3 Å². The van der Waals surface area contributed by atoms with Gasteiger partial charge in [-0.15, -0.1) is 0 Å². The number of carboxylic acid groups (broad SMARTS) is 1. The lowest BCUT2D eigenvalue weighted by Gasteiger charge is -2.27. The van der Waals surface area contributed by atoms with E-state index in [9.17, 15) is 4.79 Å². The van der Waals surface area contributed by atoms with E-state index in [0.717, 1.165) is 42.1 Å². The fourth-order valence-corrected chi connectivity index (χ4v) is 3.29. The molecule has 0 bridgehead atoms. The lowest BCUT2D eigenvalue weighted by atomic mass is 10.1. The highest BCUT2D eigenvalue weighted by atomic mass is 16.5. The molecule has 3 rings (SSSR count). The number of aryl methyl sites for hydroxylation is 1. The third kappa shape index (κ3) is 3.88. The summed E-state index contributed by atoms with van der Waals surface area (Å²) in [7, 11) is 0. The minimum atomic E-state index is -0.724. The van der Waals surface area contributed by atoms with Crippen LogP contribution in [0.25, 0.3) is 0 Å². The molecule has 126 valence electrons. The number of para-hydroxylation sites is 1. The van der Waals surface area contributed by atoms with Gasteiger partial charge in [0, 0.05) is 30.8 Å². The Bertz CT molecular complexity index is 714. The summed E-state index contributed by atoms with van der Waals surface area (Å²) in [5.41, 5.74) is 2.21. The second kappa shape index (κ2) is 7.39. The van der Waals surface area contributed by atoms with Crippen molar-refractivity contribution >= 4 is 11.7 Å². The molecular weight excluding hydrogens is 302 g/mol. The predicted molar refractivity (Wildman–Crippen MR) is 94.9 cm³/mol. The number of benzene rings is 2. The Morgan fingerprint density at radius 2 is 2.08 bits per heavy atom. The highest BCUT2D eigenvalue weighted by Gasteiger charge is 2.25. The lowest BCUT2D eigenvalue weighted by molar-refractivity contribution is -0.137. The van der Waals surface area contributed by atoms with E-state index >= 15 is 0 Å². The molecule has 4 heteroatoms. The minimum absolute atomic E-state index is 0.223. The molecule has 4 nitrogen and oxygen atoms in total. The normalized spacial score (nSPS) is 17.0. The third-order valence-electron chi connectivity index (χ3n) is 4.54. The number of anilines is 1. The second-order valence-electron chi connectivity index (χ2n) is 6.29. The first-order valence-corrected chi connectivity index (χ1v) is 8.45. The topological polar surface area (TPSA) is 49.8 Å². The minimum Gasteiger partial charge on any atom is -0.481 e. The summed E-state index contributed by atoms with van der Waals surface area (Å²) < 4.78 is 6.02. The number of ether oxygens (including phenoxy) is 1. The highest BCUT2D eigenvalue weighted by Crippen LogP contribution is 2.32. The zero-order valence-corrected chi connectivity index (χ0v) is 13.9. The summed E-state index contributed by atoms with van der Waals surface area (Å²) in [6, 6.07) is 16.3. The van der Waals surface area contributed by atoms with Crippen molar-refractivity contribution in [1.29, 1.82) is 0 Å². The Morgan fingerprint density at radius 3 is 2.88 bits per heavy atom. The maximum Gasteiger partial charge on any atom is 0.303 e. The van der Waals surface area contributed by atoms with Gasteiger partial charge in [0.1, 0.15) is 11.5 Å². The van der Waals surface area contributed by atoms with Crippen molar-refractivity contribution in [3.63, 3.8) is 0 Å². The first-order valence-electron chi connectivity index (χ1n) is 8.45.